The average Bonchev–Trinajstić information content (AvgIpc) is 3.26. The second-order valence-corrected chi connectivity index (χ2v) is 6.30. The number of rotatable bonds is 5. The fourth-order valence-electron chi connectivity index (χ4n) is 3.12. The van der Waals surface area contributed by atoms with Crippen molar-refractivity contribution in [1.82, 2.24) is 24.8 Å². The number of fused-ring (bicyclic) bond motifs is 1. The van der Waals surface area contributed by atoms with Gasteiger partial charge < -0.3 is 14.7 Å². The summed E-state index contributed by atoms with van der Waals surface area (Å²) < 4.78 is 20.0. The number of aromatic nitrogens is 4. The third kappa shape index (κ3) is 3.18. The Hall–Kier alpha value is -2.25. The van der Waals surface area contributed by atoms with Crippen molar-refractivity contribution < 1.29 is 9.13 Å². The normalized spacial score (nSPS) is 21.8. The van der Waals surface area contributed by atoms with Crippen molar-refractivity contribution in [1.29, 1.82) is 0 Å². The number of nitrogens with one attached hydrogen (secondary N) is 2. The van der Waals surface area contributed by atoms with Crippen LogP contribution in [-0.4, -0.2) is 50.2 Å². The van der Waals surface area contributed by atoms with Gasteiger partial charge in [-0.15, -0.1) is 0 Å². The number of aromatic amines is 2. The zero-order chi connectivity index (χ0) is 16.5. The van der Waals surface area contributed by atoms with Crippen LogP contribution in [0.4, 0.5) is 4.39 Å². The van der Waals surface area contributed by atoms with Crippen LogP contribution in [0.25, 0.3) is 11.0 Å². The molecule has 1 saturated heterocycles. The monoisotopic (exact) mass is 329 g/mol. The summed E-state index contributed by atoms with van der Waals surface area (Å²) in [5.41, 5.74) is 3.06. The Balaban J connectivity index is 1.36. The molecule has 2 N–H and O–H groups in total. The first-order chi connectivity index (χ1) is 11.7. The van der Waals surface area contributed by atoms with Crippen LogP contribution in [0.15, 0.2) is 30.6 Å². The predicted octanol–water partition coefficient (Wildman–Crippen LogP) is 2.33. The van der Waals surface area contributed by atoms with Gasteiger partial charge in [0.25, 0.3) is 0 Å². The first-order valence-corrected chi connectivity index (χ1v) is 8.09. The standard InChI is InChI=1S/C17H20FN5O/c1-11-2-3-13-14(6-11)22-17(21-13)10-24-15-8-23(7-12(15)18)9-16-19-4-5-20-16/h2-6,12,15H,7-10H2,1H3,(H,19,20)(H,21,22). The van der Waals surface area contributed by atoms with Crippen molar-refractivity contribution >= 4 is 11.0 Å². The molecule has 0 bridgehead atoms. The molecule has 2 unspecified atom stereocenters. The predicted molar refractivity (Wildman–Crippen MR) is 88.2 cm³/mol. The van der Waals surface area contributed by atoms with E-state index in [9.17, 15) is 4.39 Å². The van der Waals surface area contributed by atoms with Crippen LogP contribution in [0, 0.1) is 6.92 Å². The summed E-state index contributed by atoms with van der Waals surface area (Å²) in [6.45, 7) is 3.85. The van der Waals surface area contributed by atoms with Crippen molar-refractivity contribution in [2.75, 3.05) is 13.1 Å². The summed E-state index contributed by atoms with van der Waals surface area (Å²) >= 11 is 0. The van der Waals surface area contributed by atoms with Crippen LogP contribution < -0.4 is 0 Å². The van der Waals surface area contributed by atoms with Gasteiger partial charge in [0.1, 0.15) is 30.5 Å². The average molecular weight is 329 g/mol. The lowest BCUT2D eigenvalue weighted by Crippen LogP contribution is -2.24. The number of likely N-dealkylation sites (tertiary alicyclic amines) is 1. The highest BCUT2D eigenvalue weighted by molar-refractivity contribution is 5.75. The molecule has 0 amide bonds. The van der Waals surface area contributed by atoms with E-state index in [-0.39, 0.29) is 6.61 Å². The molecule has 2 aromatic heterocycles. The minimum atomic E-state index is -0.994. The molecule has 24 heavy (non-hydrogen) atoms. The van der Waals surface area contributed by atoms with Gasteiger partial charge in [-0.05, 0) is 24.6 Å². The van der Waals surface area contributed by atoms with Gasteiger partial charge in [0.2, 0.25) is 0 Å². The molecule has 3 heterocycles. The smallest absolute Gasteiger partial charge is 0.140 e. The number of halogens is 1. The summed E-state index contributed by atoms with van der Waals surface area (Å²) in [5, 5.41) is 0. The molecule has 0 spiro atoms. The summed E-state index contributed by atoms with van der Waals surface area (Å²) in [4.78, 5) is 17.0. The third-order valence-corrected chi connectivity index (χ3v) is 4.32. The highest BCUT2D eigenvalue weighted by Gasteiger charge is 2.34. The van der Waals surface area contributed by atoms with Crippen LogP contribution in [0.3, 0.4) is 0 Å². The lowest BCUT2D eigenvalue weighted by atomic mass is 10.2. The number of ether oxygens (including phenoxy) is 1. The molecular formula is C17H20FN5O. The summed E-state index contributed by atoms with van der Waals surface area (Å²) in [6.07, 6.45) is 2.05. The lowest BCUT2D eigenvalue weighted by molar-refractivity contribution is 0.00859. The molecule has 3 aromatic rings. The maximum Gasteiger partial charge on any atom is 0.140 e. The number of H-pyrrole nitrogens is 2. The SMILES string of the molecule is Cc1ccc2nc(COC3CN(Cc4ncc[nH]4)CC3F)[nH]c2c1. The molecule has 2 atom stereocenters. The summed E-state index contributed by atoms with van der Waals surface area (Å²) in [6, 6.07) is 6.04. The Labute approximate surface area is 139 Å². The van der Waals surface area contributed by atoms with Gasteiger partial charge in [-0.3, -0.25) is 4.90 Å². The second kappa shape index (κ2) is 6.33. The van der Waals surface area contributed by atoms with Gasteiger partial charge in [-0.25, -0.2) is 14.4 Å². The van der Waals surface area contributed by atoms with Gasteiger partial charge in [0, 0.05) is 25.5 Å². The van der Waals surface area contributed by atoms with Gasteiger partial charge in [0.15, 0.2) is 0 Å². The summed E-state index contributed by atoms with van der Waals surface area (Å²) in [5.74, 6) is 1.57. The van der Waals surface area contributed by atoms with Crippen LogP contribution in [0.2, 0.25) is 0 Å². The zero-order valence-electron chi connectivity index (χ0n) is 13.5. The fourth-order valence-corrected chi connectivity index (χ4v) is 3.12. The number of aryl methyl sites for hydroxylation is 1. The van der Waals surface area contributed by atoms with E-state index in [0.29, 0.717) is 19.6 Å². The van der Waals surface area contributed by atoms with Gasteiger partial charge >= 0.3 is 0 Å². The van der Waals surface area contributed by atoms with E-state index in [1.165, 1.54) is 5.56 Å². The first kappa shape index (κ1) is 15.3. The van der Waals surface area contributed by atoms with Crippen molar-refractivity contribution in [3.05, 3.63) is 47.8 Å². The topological polar surface area (TPSA) is 69.8 Å². The van der Waals surface area contributed by atoms with Crippen LogP contribution >= 0.6 is 0 Å². The molecule has 4 rings (SSSR count). The minimum absolute atomic E-state index is 0.285. The van der Waals surface area contributed by atoms with E-state index in [4.69, 9.17) is 4.74 Å². The molecule has 1 aliphatic heterocycles. The molecule has 0 aliphatic carbocycles. The van der Waals surface area contributed by atoms with Gasteiger partial charge in [-0.2, -0.15) is 0 Å². The fraction of sp³-hybridized carbons (Fsp3) is 0.412. The molecule has 1 aromatic carbocycles. The molecule has 1 aliphatic rings. The Morgan fingerprint density at radius 1 is 1.33 bits per heavy atom. The number of benzene rings is 1. The van der Waals surface area contributed by atoms with Crippen LogP contribution in [0.5, 0.6) is 0 Å². The number of alkyl halides is 1. The highest BCUT2D eigenvalue weighted by Crippen LogP contribution is 2.20. The van der Waals surface area contributed by atoms with Crippen molar-refractivity contribution in [2.24, 2.45) is 0 Å². The van der Waals surface area contributed by atoms with E-state index in [1.807, 2.05) is 30.0 Å². The maximum absolute atomic E-state index is 14.2. The number of imidazole rings is 2. The lowest BCUT2D eigenvalue weighted by Gasteiger charge is -2.14. The molecule has 1 fully saturated rings. The maximum atomic E-state index is 14.2. The van der Waals surface area contributed by atoms with Gasteiger partial charge in [-0.1, -0.05) is 6.07 Å². The zero-order valence-corrected chi connectivity index (χ0v) is 13.5. The molecule has 0 radical (unpaired) electrons. The van der Waals surface area contributed by atoms with E-state index in [1.54, 1.807) is 12.4 Å². The number of hydrogen-bond acceptors (Lipinski definition) is 4. The minimum Gasteiger partial charge on any atom is -0.366 e. The Morgan fingerprint density at radius 2 is 2.25 bits per heavy atom. The second-order valence-electron chi connectivity index (χ2n) is 6.30. The molecule has 126 valence electrons. The molecular weight excluding hydrogens is 309 g/mol. The van der Waals surface area contributed by atoms with E-state index < -0.39 is 12.3 Å². The molecule has 6 nitrogen and oxygen atoms in total. The molecule has 7 heteroatoms. The van der Waals surface area contributed by atoms with Crippen LogP contribution in [0.1, 0.15) is 17.2 Å². The van der Waals surface area contributed by atoms with Gasteiger partial charge in [0.05, 0.1) is 17.6 Å². The summed E-state index contributed by atoms with van der Waals surface area (Å²) in [7, 11) is 0. The third-order valence-electron chi connectivity index (χ3n) is 4.32. The first-order valence-electron chi connectivity index (χ1n) is 8.09. The largest absolute Gasteiger partial charge is 0.366 e. The highest BCUT2D eigenvalue weighted by atomic mass is 19.1. The Morgan fingerprint density at radius 3 is 3.08 bits per heavy atom. The van der Waals surface area contributed by atoms with Crippen LogP contribution in [-0.2, 0) is 17.9 Å². The molecule has 0 saturated carbocycles. The number of hydrogen-bond donors (Lipinski definition) is 2. The van der Waals surface area contributed by atoms with Crippen molar-refractivity contribution in [2.45, 2.75) is 32.4 Å². The van der Waals surface area contributed by atoms with E-state index in [2.05, 4.69) is 19.9 Å². The van der Waals surface area contributed by atoms with Crippen molar-refractivity contribution in [3.63, 3.8) is 0 Å². The quantitative estimate of drug-likeness (QED) is 0.754. The van der Waals surface area contributed by atoms with E-state index in [0.717, 1.165) is 22.7 Å². The van der Waals surface area contributed by atoms with E-state index >= 15 is 0 Å². The van der Waals surface area contributed by atoms with Crippen molar-refractivity contribution in [3.8, 4) is 0 Å². The number of nitrogens with zero attached hydrogens (tertiary/aromatic N) is 3. The Kier molecular flexibility index (Phi) is 4.03. The Bertz CT molecular complexity index is 816.